The zero-order valence-corrected chi connectivity index (χ0v) is 11.9. The normalized spacial score (nSPS) is 25.9. The predicted octanol–water partition coefficient (Wildman–Crippen LogP) is 1.26. The molecule has 0 saturated carbocycles. The molecule has 0 aromatic rings. The highest BCUT2D eigenvalue weighted by atomic mass is 16.4. The quantitative estimate of drug-likeness (QED) is 0.719. The highest BCUT2D eigenvalue weighted by Crippen LogP contribution is 2.23. The maximum absolute atomic E-state index is 12.3. The van der Waals surface area contributed by atoms with Crippen LogP contribution in [0.3, 0.4) is 0 Å². The Labute approximate surface area is 120 Å². The molecular formula is C15H24N2O3. The summed E-state index contributed by atoms with van der Waals surface area (Å²) in [6.45, 7) is 2.29. The summed E-state index contributed by atoms with van der Waals surface area (Å²) < 4.78 is 0. The zero-order chi connectivity index (χ0) is 14.4. The second-order valence-electron chi connectivity index (χ2n) is 5.84. The summed E-state index contributed by atoms with van der Waals surface area (Å²) in [4.78, 5) is 24.7. The smallest absolute Gasteiger partial charge is 0.317 e. The van der Waals surface area contributed by atoms with Crippen molar-refractivity contribution >= 4 is 11.9 Å². The molecule has 112 valence electrons. The molecular weight excluding hydrogens is 256 g/mol. The number of carboxylic acid groups (broad SMARTS) is 1. The van der Waals surface area contributed by atoms with Gasteiger partial charge in [0.05, 0.1) is 6.54 Å². The van der Waals surface area contributed by atoms with Gasteiger partial charge in [-0.25, -0.2) is 0 Å². The third-order valence-electron chi connectivity index (χ3n) is 4.13. The first-order valence-corrected chi connectivity index (χ1v) is 7.52. The molecule has 0 aromatic heterocycles. The van der Waals surface area contributed by atoms with Crippen molar-refractivity contribution in [3.63, 3.8) is 0 Å². The Morgan fingerprint density at radius 2 is 2.20 bits per heavy atom. The number of allylic oxidation sites excluding steroid dienone is 2. The first-order chi connectivity index (χ1) is 9.65. The average molecular weight is 280 g/mol. The van der Waals surface area contributed by atoms with Gasteiger partial charge in [-0.05, 0) is 37.5 Å². The Morgan fingerprint density at radius 1 is 1.35 bits per heavy atom. The van der Waals surface area contributed by atoms with E-state index in [1.54, 1.807) is 0 Å². The maximum Gasteiger partial charge on any atom is 0.317 e. The number of rotatable bonds is 6. The summed E-state index contributed by atoms with van der Waals surface area (Å²) >= 11 is 0. The minimum atomic E-state index is -0.832. The van der Waals surface area contributed by atoms with Gasteiger partial charge in [-0.1, -0.05) is 12.2 Å². The lowest BCUT2D eigenvalue weighted by Crippen LogP contribution is -2.43. The Morgan fingerprint density at radius 3 is 2.90 bits per heavy atom. The lowest BCUT2D eigenvalue weighted by Gasteiger charge is -2.33. The van der Waals surface area contributed by atoms with Crippen molar-refractivity contribution < 1.29 is 14.7 Å². The van der Waals surface area contributed by atoms with E-state index in [1.165, 1.54) is 0 Å². The van der Waals surface area contributed by atoms with E-state index in [1.807, 2.05) is 4.90 Å². The van der Waals surface area contributed by atoms with E-state index in [2.05, 4.69) is 17.5 Å². The fourth-order valence-electron chi connectivity index (χ4n) is 3.06. The summed E-state index contributed by atoms with van der Waals surface area (Å²) in [5, 5.41) is 11.5. The van der Waals surface area contributed by atoms with Gasteiger partial charge in [0.1, 0.15) is 0 Å². The number of aliphatic carboxylic acids is 1. The molecule has 2 atom stereocenters. The van der Waals surface area contributed by atoms with Gasteiger partial charge in [0.25, 0.3) is 0 Å². The molecule has 2 unspecified atom stereocenters. The van der Waals surface area contributed by atoms with Crippen molar-refractivity contribution in [3.8, 4) is 0 Å². The van der Waals surface area contributed by atoms with Crippen LogP contribution in [-0.4, -0.2) is 48.1 Å². The van der Waals surface area contributed by atoms with Crippen LogP contribution >= 0.6 is 0 Å². The van der Waals surface area contributed by atoms with Crippen molar-refractivity contribution in [1.82, 2.24) is 10.2 Å². The van der Waals surface area contributed by atoms with Gasteiger partial charge in [0.15, 0.2) is 0 Å². The molecule has 5 heteroatoms. The van der Waals surface area contributed by atoms with Gasteiger partial charge in [0, 0.05) is 26.1 Å². The molecule has 20 heavy (non-hydrogen) atoms. The molecule has 0 bridgehead atoms. The van der Waals surface area contributed by atoms with Crippen molar-refractivity contribution in [2.75, 3.05) is 26.2 Å². The molecule has 1 saturated heterocycles. The Bertz CT molecular complexity index is 381. The van der Waals surface area contributed by atoms with Crippen LogP contribution < -0.4 is 5.32 Å². The van der Waals surface area contributed by atoms with E-state index in [0.29, 0.717) is 24.8 Å². The number of likely N-dealkylation sites (tertiary alicyclic amines) is 1. The third-order valence-corrected chi connectivity index (χ3v) is 4.13. The van der Waals surface area contributed by atoms with Crippen LogP contribution in [0, 0.1) is 11.8 Å². The lowest BCUT2D eigenvalue weighted by atomic mass is 9.96. The topological polar surface area (TPSA) is 69.6 Å². The van der Waals surface area contributed by atoms with E-state index in [0.717, 1.165) is 38.8 Å². The van der Waals surface area contributed by atoms with Crippen LogP contribution in [0.25, 0.3) is 0 Å². The highest BCUT2D eigenvalue weighted by molar-refractivity contribution is 5.76. The van der Waals surface area contributed by atoms with Gasteiger partial charge in [-0.2, -0.15) is 0 Å². The fourth-order valence-corrected chi connectivity index (χ4v) is 3.06. The van der Waals surface area contributed by atoms with Crippen molar-refractivity contribution in [2.45, 2.75) is 32.1 Å². The SMILES string of the molecule is O=C(O)CNCC1CCCN(C(=O)CC2C=CCC2)C1. The van der Waals surface area contributed by atoms with Crippen molar-refractivity contribution in [1.29, 1.82) is 0 Å². The third kappa shape index (κ3) is 4.63. The second-order valence-corrected chi connectivity index (χ2v) is 5.84. The fraction of sp³-hybridized carbons (Fsp3) is 0.733. The molecule has 1 amide bonds. The summed E-state index contributed by atoms with van der Waals surface area (Å²) in [7, 11) is 0. The molecule has 2 N–H and O–H groups in total. The second kappa shape index (κ2) is 7.43. The van der Waals surface area contributed by atoms with Crippen LogP contribution in [0.2, 0.25) is 0 Å². The van der Waals surface area contributed by atoms with Crippen LogP contribution in [0.4, 0.5) is 0 Å². The molecule has 2 aliphatic rings. The van der Waals surface area contributed by atoms with E-state index < -0.39 is 5.97 Å². The Hall–Kier alpha value is -1.36. The molecule has 1 aliphatic carbocycles. The number of carboxylic acids is 1. The minimum Gasteiger partial charge on any atom is -0.480 e. The zero-order valence-electron chi connectivity index (χ0n) is 11.9. The monoisotopic (exact) mass is 280 g/mol. The molecule has 0 spiro atoms. The summed E-state index contributed by atoms with van der Waals surface area (Å²) in [6, 6.07) is 0. The molecule has 1 aliphatic heterocycles. The van der Waals surface area contributed by atoms with Crippen molar-refractivity contribution in [3.05, 3.63) is 12.2 Å². The van der Waals surface area contributed by atoms with Crippen LogP contribution in [0.1, 0.15) is 32.1 Å². The number of piperidine rings is 1. The van der Waals surface area contributed by atoms with E-state index in [4.69, 9.17) is 5.11 Å². The van der Waals surface area contributed by atoms with Crippen molar-refractivity contribution in [2.24, 2.45) is 11.8 Å². The van der Waals surface area contributed by atoms with Gasteiger partial charge >= 0.3 is 5.97 Å². The first kappa shape index (κ1) is 15.0. The highest BCUT2D eigenvalue weighted by Gasteiger charge is 2.25. The summed E-state index contributed by atoms with van der Waals surface area (Å²) in [5.41, 5.74) is 0. The minimum absolute atomic E-state index is 0.00266. The largest absolute Gasteiger partial charge is 0.480 e. The average Bonchev–Trinajstić information content (AvgIpc) is 2.91. The van der Waals surface area contributed by atoms with E-state index in [-0.39, 0.29) is 12.5 Å². The van der Waals surface area contributed by atoms with Gasteiger partial charge in [-0.3, -0.25) is 9.59 Å². The maximum atomic E-state index is 12.3. The van der Waals surface area contributed by atoms with Gasteiger partial charge in [0.2, 0.25) is 5.91 Å². The van der Waals surface area contributed by atoms with Crippen LogP contribution in [0.15, 0.2) is 12.2 Å². The lowest BCUT2D eigenvalue weighted by molar-refractivity contribution is -0.136. The van der Waals surface area contributed by atoms with Crippen LogP contribution in [-0.2, 0) is 9.59 Å². The first-order valence-electron chi connectivity index (χ1n) is 7.52. The number of amides is 1. The van der Waals surface area contributed by atoms with Gasteiger partial charge in [-0.15, -0.1) is 0 Å². The van der Waals surface area contributed by atoms with Gasteiger partial charge < -0.3 is 15.3 Å². The number of hydrogen-bond acceptors (Lipinski definition) is 3. The molecule has 5 nitrogen and oxygen atoms in total. The van der Waals surface area contributed by atoms with E-state index >= 15 is 0 Å². The molecule has 0 aromatic carbocycles. The number of carbonyl (C=O) groups is 2. The van der Waals surface area contributed by atoms with E-state index in [9.17, 15) is 9.59 Å². The summed E-state index contributed by atoms with van der Waals surface area (Å²) in [6.07, 6.45) is 9.24. The predicted molar refractivity (Wildman–Crippen MR) is 76.3 cm³/mol. The molecule has 1 fully saturated rings. The number of nitrogens with zero attached hydrogens (tertiary/aromatic N) is 1. The number of hydrogen-bond donors (Lipinski definition) is 2. The molecule has 1 heterocycles. The number of nitrogens with one attached hydrogen (secondary N) is 1. The number of carbonyl (C=O) groups excluding carboxylic acids is 1. The van der Waals surface area contributed by atoms with Crippen LogP contribution in [0.5, 0.6) is 0 Å². The standard InChI is InChI=1S/C15H24N2O3/c18-14(8-12-4-1-2-5-12)17-7-3-6-13(11-17)9-16-10-15(19)20/h1,4,12-13,16H,2-3,5-11H2,(H,19,20). The molecule has 0 radical (unpaired) electrons. The Balaban J connectivity index is 1.72. The molecule has 2 rings (SSSR count). The Kier molecular flexibility index (Phi) is 5.59. The summed E-state index contributed by atoms with van der Waals surface area (Å²) in [5.74, 6) is 0.227.